The first-order chi connectivity index (χ1) is 17.7. The number of aryl methyl sites for hydroxylation is 1. The minimum Gasteiger partial charge on any atom is -0.478 e. The first kappa shape index (κ1) is 29.2. The van der Waals surface area contributed by atoms with Crippen molar-refractivity contribution in [3.8, 4) is 0 Å². The Morgan fingerprint density at radius 2 is 1.66 bits per heavy atom. The molecule has 208 valence electrons. The van der Waals surface area contributed by atoms with Gasteiger partial charge in [0.05, 0.1) is 11.0 Å². The number of unbranched alkanes of at least 4 members (excludes halogenated alkanes) is 1. The normalized spacial score (nSPS) is 16.1. The number of hydrogen-bond acceptors (Lipinski definition) is 7. The summed E-state index contributed by atoms with van der Waals surface area (Å²) < 4.78 is 1.57. The second-order valence-corrected chi connectivity index (χ2v) is 12.1. The number of anilines is 1. The van der Waals surface area contributed by atoms with Crippen LogP contribution in [0.3, 0.4) is 0 Å². The molecular formula is C27H40N6O5. The molecule has 2 aromatic rings. The minimum atomic E-state index is -1.45. The molecule has 0 spiro atoms. The Labute approximate surface area is 223 Å². The second kappa shape index (κ2) is 11.6. The van der Waals surface area contributed by atoms with Gasteiger partial charge in [0.2, 0.25) is 5.91 Å². The molecule has 3 N–H and O–H groups in total. The molecule has 1 aliphatic rings. The molecule has 11 heteroatoms. The first-order valence-electron chi connectivity index (χ1n) is 13.1. The number of aromatic nitrogens is 4. The van der Waals surface area contributed by atoms with Gasteiger partial charge in [0.1, 0.15) is 17.8 Å². The van der Waals surface area contributed by atoms with E-state index in [1.165, 1.54) is 19.2 Å². The first-order valence-corrected chi connectivity index (χ1v) is 13.1. The molecule has 0 unspecified atom stereocenters. The van der Waals surface area contributed by atoms with Crippen LogP contribution < -0.4 is 5.32 Å². The Morgan fingerprint density at radius 3 is 2.21 bits per heavy atom. The summed E-state index contributed by atoms with van der Waals surface area (Å²) >= 11 is 0. The molecule has 11 nitrogen and oxygen atoms in total. The van der Waals surface area contributed by atoms with Crippen molar-refractivity contribution in [3.05, 3.63) is 18.1 Å². The van der Waals surface area contributed by atoms with Gasteiger partial charge in [-0.3, -0.25) is 4.79 Å². The number of nitrogens with zero attached hydrogens (tertiary/aromatic N) is 5. The topological polar surface area (TPSA) is 151 Å². The van der Waals surface area contributed by atoms with Crippen LogP contribution in [0.25, 0.3) is 16.6 Å². The highest BCUT2D eigenvalue weighted by molar-refractivity contribution is 6.23. The predicted octanol–water partition coefficient (Wildman–Crippen LogP) is 3.90. The molecule has 1 amide bonds. The van der Waals surface area contributed by atoms with E-state index >= 15 is 0 Å². The van der Waals surface area contributed by atoms with E-state index < -0.39 is 22.9 Å². The number of carbonyl (C=O) groups is 3. The van der Waals surface area contributed by atoms with E-state index in [1.807, 2.05) is 0 Å². The Morgan fingerprint density at radius 1 is 1.03 bits per heavy atom. The van der Waals surface area contributed by atoms with Gasteiger partial charge in [0.15, 0.2) is 5.65 Å². The van der Waals surface area contributed by atoms with Crippen molar-refractivity contribution in [2.24, 2.45) is 16.7 Å². The molecule has 0 bridgehead atoms. The van der Waals surface area contributed by atoms with E-state index in [0.29, 0.717) is 23.7 Å². The number of amides is 1. The number of carboxylic acid groups (broad SMARTS) is 2. The van der Waals surface area contributed by atoms with E-state index in [9.17, 15) is 24.6 Å². The third-order valence-corrected chi connectivity index (χ3v) is 7.10. The van der Waals surface area contributed by atoms with Crippen LogP contribution in [-0.4, -0.2) is 72.3 Å². The quantitative estimate of drug-likeness (QED) is 0.325. The maximum absolute atomic E-state index is 12.7. The maximum Gasteiger partial charge on any atom is 0.338 e. The average molecular weight is 529 g/mol. The molecule has 0 atom stereocenters. The summed E-state index contributed by atoms with van der Waals surface area (Å²) in [5, 5.41) is 26.4. The predicted molar refractivity (Wildman–Crippen MR) is 145 cm³/mol. The lowest BCUT2D eigenvalue weighted by molar-refractivity contribution is -0.133. The van der Waals surface area contributed by atoms with Crippen molar-refractivity contribution in [1.82, 2.24) is 24.6 Å². The van der Waals surface area contributed by atoms with Crippen LogP contribution in [0.1, 0.15) is 72.9 Å². The number of carboxylic acids is 2. The van der Waals surface area contributed by atoms with Crippen LogP contribution in [-0.2, 0) is 20.9 Å². The van der Waals surface area contributed by atoms with Gasteiger partial charge in [-0.05, 0) is 56.7 Å². The van der Waals surface area contributed by atoms with Crippen LogP contribution in [0.15, 0.2) is 12.4 Å². The Bertz CT molecular complexity index is 1210. The fourth-order valence-electron chi connectivity index (χ4n) is 4.72. The Hall–Kier alpha value is -3.34. The standard InChI is InChI=1S/C27H40N6O5/c1-26(2,3)17-9-13-32(14-10-17)11-7-8-12-33-23-20(21(31-33)18(24(36)37)15-19(34)35)22(28-16-29-23)30-25(38)27(4,5)6/h15-17H,7-14H2,1-6H3,(H,34,35)(H,36,37)(H,28,29,30,38)/b18-15-. The van der Waals surface area contributed by atoms with Crippen molar-refractivity contribution in [1.29, 1.82) is 0 Å². The molecule has 3 heterocycles. The van der Waals surface area contributed by atoms with Crippen LogP contribution in [0.4, 0.5) is 5.82 Å². The van der Waals surface area contributed by atoms with E-state index in [0.717, 1.165) is 38.4 Å². The van der Waals surface area contributed by atoms with Gasteiger partial charge in [-0.15, -0.1) is 0 Å². The zero-order valence-electron chi connectivity index (χ0n) is 23.2. The SMILES string of the molecule is CC(C)(C)C(=O)Nc1ncnc2c1c(/C(=C/C(=O)O)C(=O)O)nn2CCCCN1CCC(C(C)(C)C)CC1. The molecule has 0 aliphatic carbocycles. The van der Waals surface area contributed by atoms with Crippen molar-refractivity contribution in [2.45, 2.75) is 73.8 Å². The average Bonchev–Trinajstić information content (AvgIpc) is 3.18. The molecule has 1 fully saturated rings. The number of carbonyl (C=O) groups excluding carboxylic acids is 1. The number of hydrogen-bond donors (Lipinski definition) is 3. The van der Waals surface area contributed by atoms with Crippen LogP contribution in [0.5, 0.6) is 0 Å². The van der Waals surface area contributed by atoms with Gasteiger partial charge in [0, 0.05) is 18.0 Å². The fourth-order valence-corrected chi connectivity index (χ4v) is 4.72. The van der Waals surface area contributed by atoms with E-state index in [1.54, 1.807) is 25.5 Å². The third-order valence-electron chi connectivity index (χ3n) is 7.10. The van der Waals surface area contributed by atoms with Crippen molar-refractivity contribution in [2.75, 3.05) is 25.0 Å². The van der Waals surface area contributed by atoms with Gasteiger partial charge in [0.25, 0.3) is 0 Å². The maximum atomic E-state index is 12.7. The molecule has 3 rings (SSSR count). The summed E-state index contributed by atoms with van der Waals surface area (Å²) in [4.78, 5) is 47.0. The summed E-state index contributed by atoms with van der Waals surface area (Å²) in [6.07, 6.45) is 5.97. The van der Waals surface area contributed by atoms with Gasteiger partial charge < -0.3 is 20.4 Å². The third kappa shape index (κ3) is 7.15. The molecule has 0 radical (unpaired) electrons. The van der Waals surface area contributed by atoms with Gasteiger partial charge in [-0.1, -0.05) is 41.5 Å². The number of aliphatic carboxylic acids is 2. The lowest BCUT2D eigenvalue weighted by Gasteiger charge is -2.38. The highest BCUT2D eigenvalue weighted by atomic mass is 16.4. The monoisotopic (exact) mass is 528 g/mol. The van der Waals surface area contributed by atoms with Crippen LogP contribution in [0.2, 0.25) is 0 Å². The highest BCUT2D eigenvalue weighted by Gasteiger charge is 2.29. The van der Waals surface area contributed by atoms with Crippen molar-refractivity contribution >= 4 is 40.3 Å². The molecule has 1 aliphatic heterocycles. The van der Waals surface area contributed by atoms with Crippen LogP contribution in [0, 0.1) is 16.7 Å². The summed E-state index contributed by atoms with van der Waals surface area (Å²) in [7, 11) is 0. The molecule has 2 aromatic heterocycles. The number of rotatable bonds is 9. The zero-order valence-corrected chi connectivity index (χ0v) is 23.2. The molecule has 1 saturated heterocycles. The summed E-state index contributed by atoms with van der Waals surface area (Å²) in [6.45, 7) is 15.7. The lowest BCUT2D eigenvalue weighted by Crippen LogP contribution is -2.38. The largest absolute Gasteiger partial charge is 0.478 e. The molecular weight excluding hydrogens is 488 g/mol. The Balaban J connectivity index is 1.83. The van der Waals surface area contributed by atoms with E-state index in [2.05, 4.69) is 46.1 Å². The van der Waals surface area contributed by atoms with Gasteiger partial charge in [-0.2, -0.15) is 5.10 Å². The minimum absolute atomic E-state index is 0.0930. The van der Waals surface area contributed by atoms with Gasteiger partial charge in [-0.25, -0.2) is 24.2 Å². The van der Waals surface area contributed by atoms with Crippen LogP contribution >= 0.6 is 0 Å². The van der Waals surface area contributed by atoms with Gasteiger partial charge >= 0.3 is 11.9 Å². The smallest absolute Gasteiger partial charge is 0.338 e. The number of likely N-dealkylation sites (tertiary alicyclic amines) is 1. The number of piperidine rings is 1. The summed E-state index contributed by atoms with van der Waals surface area (Å²) in [5.41, 5.74) is -0.667. The molecule has 38 heavy (non-hydrogen) atoms. The summed E-state index contributed by atoms with van der Waals surface area (Å²) in [5.74, 6) is -2.37. The number of nitrogens with one attached hydrogen (secondary N) is 1. The molecule has 0 aromatic carbocycles. The second-order valence-electron chi connectivity index (χ2n) is 12.1. The highest BCUT2D eigenvalue weighted by Crippen LogP contribution is 2.34. The van der Waals surface area contributed by atoms with E-state index in [4.69, 9.17) is 0 Å². The number of fused-ring (bicyclic) bond motifs is 1. The Kier molecular flexibility index (Phi) is 8.91. The summed E-state index contributed by atoms with van der Waals surface area (Å²) in [6, 6.07) is 0. The van der Waals surface area contributed by atoms with E-state index in [-0.39, 0.29) is 22.8 Å². The zero-order chi connectivity index (χ0) is 28.3. The fraction of sp³-hybridized carbons (Fsp3) is 0.630. The molecule has 0 saturated carbocycles. The lowest BCUT2D eigenvalue weighted by atomic mass is 9.75. The van der Waals surface area contributed by atoms with Crippen molar-refractivity contribution in [3.63, 3.8) is 0 Å². The van der Waals surface area contributed by atoms with Crippen molar-refractivity contribution < 1.29 is 24.6 Å².